The third kappa shape index (κ3) is 8.47. The maximum atomic E-state index is 11.2. The van der Waals surface area contributed by atoms with Crippen molar-refractivity contribution in [3.8, 4) is 0 Å². The van der Waals surface area contributed by atoms with E-state index in [-0.39, 0.29) is 94.1 Å². The van der Waals surface area contributed by atoms with Crippen molar-refractivity contribution in [1.29, 1.82) is 0 Å². The molecule has 0 bridgehead atoms. The first-order valence-corrected chi connectivity index (χ1v) is 5.35. The topological polar surface area (TPSA) is 194 Å². The Morgan fingerprint density at radius 1 is 1.35 bits per heavy atom. The van der Waals surface area contributed by atoms with Gasteiger partial charge in [-0.1, -0.05) is 0 Å². The summed E-state index contributed by atoms with van der Waals surface area (Å²) < 4.78 is 18.0. The van der Waals surface area contributed by atoms with Crippen LogP contribution in [0.15, 0.2) is 11.5 Å². The molecule has 0 amide bonds. The number of rotatable bonds is 4. The minimum Gasteiger partial charge on any atom is -0.870 e. The third-order valence-electron chi connectivity index (χ3n) is 1.64. The number of hydrogen-bond acceptors (Lipinski definition) is 9. The van der Waals surface area contributed by atoms with Crippen LogP contribution in [0.2, 0.25) is 0 Å². The number of aliphatic hydroxyl groups excluding tert-OH is 2. The Morgan fingerprint density at radius 3 is 2.15 bits per heavy atom. The van der Waals surface area contributed by atoms with Crippen LogP contribution in [0.3, 0.4) is 0 Å². The molecule has 1 heterocycles. The van der Waals surface area contributed by atoms with Crippen molar-refractivity contribution in [3.63, 3.8) is 0 Å². The van der Waals surface area contributed by atoms with E-state index in [1.54, 1.807) is 0 Å². The molecule has 0 spiro atoms. The van der Waals surface area contributed by atoms with Crippen LogP contribution in [-0.2, 0) is 18.6 Å². The number of carbonyl (C=O) groups excluding carboxylic acids is 1. The van der Waals surface area contributed by atoms with Crippen molar-refractivity contribution >= 4 is 13.8 Å². The Kier molecular flexibility index (Phi) is 18.3. The average Bonchev–Trinajstić information content (AvgIpc) is 2.42. The number of ether oxygens (including phenoxy) is 1. The van der Waals surface area contributed by atoms with Crippen molar-refractivity contribution < 1.29 is 138 Å². The predicted octanol–water partition coefficient (Wildman–Crippen LogP) is -14.1. The molecule has 14 heteroatoms. The van der Waals surface area contributed by atoms with Crippen LogP contribution >= 0.6 is 7.82 Å². The Hall–Kier alpha value is 1.84. The molecular weight excluding hydrogens is 332 g/mol. The molecule has 0 aromatic rings. The van der Waals surface area contributed by atoms with E-state index >= 15 is 0 Å². The van der Waals surface area contributed by atoms with Crippen molar-refractivity contribution in [3.05, 3.63) is 11.5 Å². The van der Waals surface area contributed by atoms with Crippen LogP contribution in [0.25, 0.3) is 0 Å². The smallest absolute Gasteiger partial charge is 0.870 e. The fourth-order valence-corrected chi connectivity index (χ4v) is 1.38. The first kappa shape index (κ1) is 29.8. The second-order valence-electron chi connectivity index (χ2n) is 2.81. The SMILES string of the molecule is O.O=C1O[C@H]([C@@H](O)CO)C([O-])=C1OP(=O)([O-])[O-].[Na+].[Na+].[Na+]. The van der Waals surface area contributed by atoms with E-state index in [9.17, 15) is 24.3 Å². The van der Waals surface area contributed by atoms with Gasteiger partial charge in [-0.15, -0.1) is 0 Å². The molecule has 1 aliphatic heterocycles. The standard InChI is InChI=1S/C6H9O9P.3Na.H2O/c7-1-2(8)4-3(9)5(6(10)14-4)15-16(11,12)13;;;;/h2,4,7-9H,1H2,(H2,11,12,13);;;;1H2/q;3*+1;/p-3/t2-,4+;;;;/m0..../s1. The quantitative estimate of drug-likeness (QED) is 0.284. The summed E-state index contributed by atoms with van der Waals surface area (Å²) in [5.41, 5.74) is 0. The summed E-state index contributed by atoms with van der Waals surface area (Å²) in [6, 6.07) is 0. The summed E-state index contributed by atoms with van der Waals surface area (Å²) in [5.74, 6) is -4.10. The molecule has 1 rings (SSSR count). The van der Waals surface area contributed by atoms with Crippen LogP contribution in [-0.4, -0.2) is 40.5 Å². The second-order valence-corrected chi connectivity index (χ2v) is 3.88. The van der Waals surface area contributed by atoms with Crippen LogP contribution in [0, 0.1) is 0 Å². The first-order valence-electron chi connectivity index (χ1n) is 3.89. The van der Waals surface area contributed by atoms with Crippen LogP contribution in [0.4, 0.5) is 0 Å². The van der Waals surface area contributed by atoms with E-state index in [0.29, 0.717) is 0 Å². The molecule has 100 valence electrons. The zero-order valence-corrected chi connectivity index (χ0v) is 18.0. The van der Waals surface area contributed by atoms with Gasteiger partial charge >= 0.3 is 94.6 Å². The molecule has 0 unspecified atom stereocenters. The van der Waals surface area contributed by atoms with E-state index in [1.165, 1.54) is 0 Å². The molecule has 0 saturated carbocycles. The molecule has 0 saturated heterocycles. The van der Waals surface area contributed by atoms with Gasteiger partial charge in [0.1, 0.15) is 20.0 Å². The molecule has 20 heavy (non-hydrogen) atoms. The fraction of sp³-hybridized carbons (Fsp3) is 0.500. The van der Waals surface area contributed by atoms with Crippen molar-refractivity contribution in [2.45, 2.75) is 12.2 Å². The Bertz CT molecular complexity index is 381. The zero-order valence-electron chi connectivity index (χ0n) is 11.1. The van der Waals surface area contributed by atoms with Gasteiger partial charge in [0.05, 0.1) is 6.61 Å². The van der Waals surface area contributed by atoms with E-state index in [0.717, 1.165) is 0 Å². The van der Waals surface area contributed by atoms with Crippen LogP contribution in [0.5, 0.6) is 0 Å². The molecule has 0 aromatic heterocycles. The largest absolute Gasteiger partial charge is 1.00 e. The van der Waals surface area contributed by atoms with Gasteiger partial charge in [0, 0.05) is 0 Å². The number of phosphoric ester groups is 1. The van der Waals surface area contributed by atoms with Gasteiger partial charge in [-0.3, -0.25) is 0 Å². The molecule has 0 aromatic carbocycles. The number of aliphatic hydroxyl groups is 2. The third-order valence-corrected chi connectivity index (χ3v) is 2.05. The maximum Gasteiger partial charge on any atom is 1.00 e. The monoisotopic (exact) mass is 340 g/mol. The van der Waals surface area contributed by atoms with E-state index in [2.05, 4.69) is 9.26 Å². The molecule has 0 radical (unpaired) electrons. The van der Waals surface area contributed by atoms with Gasteiger partial charge < -0.3 is 44.4 Å². The summed E-state index contributed by atoms with van der Waals surface area (Å²) in [6.07, 6.45) is -3.48. The predicted molar refractivity (Wildman–Crippen MR) is 42.3 cm³/mol. The van der Waals surface area contributed by atoms with E-state index in [1.807, 2.05) is 0 Å². The summed E-state index contributed by atoms with van der Waals surface area (Å²) >= 11 is 0. The van der Waals surface area contributed by atoms with Gasteiger partial charge in [0.25, 0.3) is 0 Å². The van der Waals surface area contributed by atoms with Gasteiger partial charge in [-0.05, 0) is 5.76 Å². The Labute approximate surface area is 179 Å². The number of carbonyl (C=O) groups is 1. The Balaban J connectivity index is -0.000000320. The number of phosphoric acid groups is 1. The summed E-state index contributed by atoms with van der Waals surface area (Å²) in [7, 11) is -5.56. The van der Waals surface area contributed by atoms with E-state index in [4.69, 9.17) is 10.2 Å². The molecule has 10 nitrogen and oxygen atoms in total. The second kappa shape index (κ2) is 12.3. The molecule has 4 N–H and O–H groups in total. The normalized spacial score (nSPS) is 18.6. The van der Waals surface area contributed by atoms with E-state index < -0.39 is 44.1 Å². The molecule has 0 fully saturated rings. The summed E-state index contributed by atoms with van der Waals surface area (Å²) in [4.78, 5) is 31.3. The first-order chi connectivity index (χ1) is 7.26. The summed E-state index contributed by atoms with van der Waals surface area (Å²) in [5, 5.41) is 28.7. The number of cyclic esters (lactones) is 1. The van der Waals surface area contributed by atoms with Crippen LogP contribution in [0.1, 0.15) is 0 Å². The average molecular weight is 340 g/mol. The van der Waals surface area contributed by atoms with Gasteiger partial charge in [0.2, 0.25) is 5.76 Å². The minimum atomic E-state index is -5.56. The molecular formula is C6H8Na3O10P. The van der Waals surface area contributed by atoms with Gasteiger partial charge in [-0.2, -0.15) is 0 Å². The fourth-order valence-electron chi connectivity index (χ4n) is 0.995. The van der Waals surface area contributed by atoms with Crippen molar-refractivity contribution in [2.24, 2.45) is 0 Å². The summed E-state index contributed by atoms with van der Waals surface area (Å²) in [6.45, 7) is -0.886. The Morgan fingerprint density at radius 2 is 1.80 bits per heavy atom. The van der Waals surface area contributed by atoms with Gasteiger partial charge in [-0.25, -0.2) is 4.79 Å². The van der Waals surface area contributed by atoms with Crippen molar-refractivity contribution in [1.82, 2.24) is 0 Å². The number of esters is 1. The molecule has 2 atom stereocenters. The van der Waals surface area contributed by atoms with Crippen molar-refractivity contribution in [2.75, 3.05) is 6.61 Å². The molecule has 1 aliphatic rings. The van der Waals surface area contributed by atoms with Gasteiger partial charge in [0.15, 0.2) is 0 Å². The molecule has 0 aliphatic carbocycles. The zero-order chi connectivity index (χ0) is 12.5. The maximum absolute atomic E-state index is 11.2. The number of hydrogen-bond donors (Lipinski definition) is 2. The van der Waals surface area contributed by atoms with Crippen LogP contribution < -0.4 is 104 Å². The minimum absolute atomic E-state index is 0.